The number of aromatic nitrogens is 2. The first-order valence-electron chi connectivity index (χ1n) is 9.16. The van der Waals surface area contributed by atoms with Gasteiger partial charge in [0.25, 0.3) is 11.8 Å². The first-order chi connectivity index (χ1) is 13.6. The SMILES string of the molecule is CCCc1nnc(C(=O)Nc2ccc(C(=O)N[C@H](C)c3ccccc3)cc2)s1. The summed E-state index contributed by atoms with van der Waals surface area (Å²) >= 11 is 1.30. The summed E-state index contributed by atoms with van der Waals surface area (Å²) < 4.78 is 0. The molecule has 0 spiro atoms. The van der Waals surface area contributed by atoms with Gasteiger partial charge in [-0.1, -0.05) is 48.6 Å². The van der Waals surface area contributed by atoms with Crippen LogP contribution in [0.5, 0.6) is 0 Å². The number of nitrogens with zero attached hydrogens (tertiary/aromatic N) is 2. The molecule has 2 N–H and O–H groups in total. The van der Waals surface area contributed by atoms with E-state index in [9.17, 15) is 9.59 Å². The van der Waals surface area contributed by atoms with Gasteiger partial charge in [0.2, 0.25) is 5.01 Å². The number of amides is 2. The highest BCUT2D eigenvalue weighted by Gasteiger charge is 2.14. The van der Waals surface area contributed by atoms with Gasteiger partial charge in [0, 0.05) is 17.7 Å². The van der Waals surface area contributed by atoms with Gasteiger partial charge in [-0.05, 0) is 43.2 Å². The molecule has 0 radical (unpaired) electrons. The molecule has 28 heavy (non-hydrogen) atoms. The number of benzene rings is 2. The van der Waals surface area contributed by atoms with E-state index >= 15 is 0 Å². The van der Waals surface area contributed by atoms with Crippen molar-refractivity contribution in [2.75, 3.05) is 5.32 Å². The van der Waals surface area contributed by atoms with Gasteiger partial charge in [-0.15, -0.1) is 10.2 Å². The third kappa shape index (κ3) is 5.01. The molecule has 0 bridgehead atoms. The van der Waals surface area contributed by atoms with E-state index < -0.39 is 0 Å². The first kappa shape index (κ1) is 19.7. The molecule has 0 aliphatic rings. The zero-order valence-electron chi connectivity index (χ0n) is 15.8. The smallest absolute Gasteiger partial charge is 0.286 e. The van der Waals surface area contributed by atoms with E-state index in [1.165, 1.54) is 11.3 Å². The molecule has 3 aromatic rings. The lowest BCUT2D eigenvalue weighted by molar-refractivity contribution is 0.0939. The van der Waals surface area contributed by atoms with E-state index in [-0.39, 0.29) is 17.9 Å². The van der Waals surface area contributed by atoms with Crippen molar-refractivity contribution in [1.29, 1.82) is 0 Å². The van der Waals surface area contributed by atoms with Crippen LogP contribution in [-0.2, 0) is 6.42 Å². The molecule has 6 nitrogen and oxygen atoms in total. The van der Waals surface area contributed by atoms with Crippen molar-refractivity contribution in [3.63, 3.8) is 0 Å². The van der Waals surface area contributed by atoms with Gasteiger partial charge < -0.3 is 10.6 Å². The second-order valence-electron chi connectivity index (χ2n) is 6.39. The van der Waals surface area contributed by atoms with Crippen molar-refractivity contribution in [1.82, 2.24) is 15.5 Å². The Kier molecular flexibility index (Phi) is 6.49. The zero-order chi connectivity index (χ0) is 19.9. The molecule has 1 atom stereocenters. The second kappa shape index (κ2) is 9.23. The summed E-state index contributed by atoms with van der Waals surface area (Å²) in [6.45, 7) is 4.00. The summed E-state index contributed by atoms with van der Waals surface area (Å²) in [5, 5.41) is 14.9. The Balaban J connectivity index is 1.59. The van der Waals surface area contributed by atoms with Crippen molar-refractivity contribution < 1.29 is 9.59 Å². The molecule has 3 rings (SSSR count). The van der Waals surface area contributed by atoms with E-state index in [1.54, 1.807) is 24.3 Å². The van der Waals surface area contributed by atoms with E-state index in [1.807, 2.05) is 37.3 Å². The van der Waals surface area contributed by atoms with Crippen molar-refractivity contribution in [2.24, 2.45) is 0 Å². The largest absolute Gasteiger partial charge is 0.346 e. The minimum absolute atomic E-state index is 0.0946. The number of carbonyl (C=O) groups is 2. The molecule has 2 aromatic carbocycles. The molecule has 0 fully saturated rings. The van der Waals surface area contributed by atoms with Crippen LogP contribution in [0.25, 0.3) is 0 Å². The van der Waals surface area contributed by atoms with Crippen LogP contribution in [0.2, 0.25) is 0 Å². The number of nitrogens with one attached hydrogen (secondary N) is 2. The molecular formula is C21H22N4O2S. The maximum absolute atomic E-state index is 12.4. The van der Waals surface area contributed by atoms with Gasteiger partial charge in [-0.25, -0.2) is 0 Å². The minimum Gasteiger partial charge on any atom is -0.346 e. The standard InChI is InChI=1S/C21H22N4O2S/c1-3-7-18-24-25-21(28-18)20(27)23-17-12-10-16(11-13-17)19(26)22-14(2)15-8-5-4-6-9-15/h4-6,8-14H,3,7H2,1-2H3,(H,22,26)(H,23,27)/t14-/m1/s1. The maximum Gasteiger partial charge on any atom is 0.286 e. The predicted octanol–water partition coefficient (Wildman–Crippen LogP) is 4.23. The Morgan fingerprint density at radius 1 is 1.00 bits per heavy atom. The van der Waals surface area contributed by atoms with Gasteiger partial charge in [0.15, 0.2) is 0 Å². The van der Waals surface area contributed by atoms with E-state index in [2.05, 4.69) is 27.8 Å². The lowest BCUT2D eigenvalue weighted by atomic mass is 10.1. The van der Waals surface area contributed by atoms with Crippen LogP contribution in [-0.4, -0.2) is 22.0 Å². The molecule has 0 aliphatic carbocycles. The Hall–Kier alpha value is -3.06. The number of carbonyl (C=O) groups excluding carboxylic acids is 2. The van der Waals surface area contributed by atoms with Crippen LogP contribution >= 0.6 is 11.3 Å². The Labute approximate surface area is 168 Å². The summed E-state index contributed by atoms with van der Waals surface area (Å²) in [5.41, 5.74) is 2.17. The summed E-state index contributed by atoms with van der Waals surface area (Å²) in [7, 11) is 0. The van der Waals surface area contributed by atoms with Crippen LogP contribution in [0.1, 0.15) is 57.0 Å². The first-order valence-corrected chi connectivity index (χ1v) is 9.98. The Bertz CT molecular complexity index is 939. The van der Waals surface area contributed by atoms with Crippen LogP contribution in [0.4, 0.5) is 5.69 Å². The third-order valence-corrected chi connectivity index (χ3v) is 5.16. The summed E-state index contributed by atoms with van der Waals surface area (Å²) in [4.78, 5) is 24.7. The van der Waals surface area contributed by atoms with Gasteiger partial charge >= 0.3 is 0 Å². The van der Waals surface area contributed by atoms with Gasteiger partial charge in [-0.2, -0.15) is 0 Å². The lowest BCUT2D eigenvalue weighted by Gasteiger charge is -2.14. The quantitative estimate of drug-likeness (QED) is 0.628. The number of hydrogen-bond acceptors (Lipinski definition) is 5. The number of anilines is 1. The molecule has 0 saturated carbocycles. The fourth-order valence-corrected chi connectivity index (χ4v) is 3.49. The van der Waals surface area contributed by atoms with Crippen molar-refractivity contribution in [3.8, 4) is 0 Å². The van der Waals surface area contributed by atoms with Crippen LogP contribution in [0.3, 0.4) is 0 Å². The predicted molar refractivity (Wildman–Crippen MR) is 111 cm³/mol. The molecule has 0 unspecified atom stereocenters. The summed E-state index contributed by atoms with van der Waals surface area (Å²) in [6.07, 6.45) is 1.78. The molecule has 1 heterocycles. The van der Waals surface area contributed by atoms with Crippen LogP contribution in [0.15, 0.2) is 54.6 Å². The average molecular weight is 395 g/mol. The summed E-state index contributed by atoms with van der Waals surface area (Å²) in [6, 6.07) is 16.5. The van der Waals surface area contributed by atoms with Crippen molar-refractivity contribution in [2.45, 2.75) is 32.7 Å². The molecule has 2 amide bonds. The second-order valence-corrected chi connectivity index (χ2v) is 7.45. The number of aryl methyl sites for hydroxylation is 1. The van der Waals surface area contributed by atoms with E-state index in [4.69, 9.17) is 0 Å². The molecule has 0 aliphatic heterocycles. The monoisotopic (exact) mass is 394 g/mol. The van der Waals surface area contributed by atoms with Crippen molar-refractivity contribution >= 4 is 28.8 Å². The normalized spacial score (nSPS) is 11.6. The van der Waals surface area contributed by atoms with Gasteiger partial charge in [0.05, 0.1) is 6.04 Å². The van der Waals surface area contributed by atoms with Gasteiger partial charge in [0.1, 0.15) is 5.01 Å². The average Bonchev–Trinajstić information content (AvgIpc) is 3.18. The van der Waals surface area contributed by atoms with Crippen LogP contribution in [0, 0.1) is 0 Å². The summed E-state index contributed by atoms with van der Waals surface area (Å²) in [5.74, 6) is -0.461. The minimum atomic E-state index is -0.297. The Morgan fingerprint density at radius 2 is 1.71 bits per heavy atom. The fraction of sp³-hybridized carbons (Fsp3) is 0.238. The fourth-order valence-electron chi connectivity index (χ4n) is 2.65. The van der Waals surface area contributed by atoms with Gasteiger partial charge in [-0.3, -0.25) is 9.59 Å². The highest BCUT2D eigenvalue weighted by atomic mass is 32.1. The highest BCUT2D eigenvalue weighted by Crippen LogP contribution is 2.16. The molecule has 7 heteroatoms. The molecular weight excluding hydrogens is 372 g/mol. The lowest BCUT2D eigenvalue weighted by Crippen LogP contribution is -2.26. The van der Waals surface area contributed by atoms with E-state index in [0.29, 0.717) is 16.3 Å². The van der Waals surface area contributed by atoms with Crippen molar-refractivity contribution in [3.05, 3.63) is 75.7 Å². The van der Waals surface area contributed by atoms with E-state index in [0.717, 1.165) is 23.4 Å². The molecule has 144 valence electrons. The molecule has 1 aromatic heterocycles. The molecule has 0 saturated heterocycles. The number of rotatable bonds is 7. The third-order valence-electron chi connectivity index (χ3n) is 4.18. The topological polar surface area (TPSA) is 84.0 Å². The van der Waals surface area contributed by atoms with Crippen LogP contribution < -0.4 is 10.6 Å². The highest BCUT2D eigenvalue weighted by molar-refractivity contribution is 7.13. The maximum atomic E-state index is 12.4. The number of hydrogen-bond donors (Lipinski definition) is 2. The Morgan fingerprint density at radius 3 is 2.39 bits per heavy atom. The zero-order valence-corrected chi connectivity index (χ0v) is 16.6.